The standard InChI is InChI=1S/C17H17ClF3NO2/c1-11-8-15(6-7-16(11)22-10-13(23)9-18)24-14-4-2-12(3-5-14)17(19,20)21/h2-8,13,22-23H,9-10H2,1H3. The number of anilines is 1. The first-order chi connectivity index (χ1) is 11.3. The van der Waals surface area contributed by atoms with Gasteiger partial charge < -0.3 is 15.2 Å². The molecule has 0 aliphatic heterocycles. The number of halogens is 4. The molecule has 7 heteroatoms. The first-order valence-electron chi connectivity index (χ1n) is 7.23. The van der Waals surface area contributed by atoms with E-state index in [0.717, 1.165) is 23.4 Å². The smallest absolute Gasteiger partial charge is 0.416 e. The van der Waals surface area contributed by atoms with Crippen LogP contribution in [0.15, 0.2) is 42.5 Å². The zero-order valence-electron chi connectivity index (χ0n) is 12.9. The Morgan fingerprint density at radius 3 is 2.29 bits per heavy atom. The van der Waals surface area contributed by atoms with E-state index in [9.17, 15) is 18.3 Å². The maximum absolute atomic E-state index is 12.5. The Labute approximate surface area is 143 Å². The quantitative estimate of drug-likeness (QED) is 0.727. The van der Waals surface area contributed by atoms with Crippen LogP contribution < -0.4 is 10.1 Å². The molecule has 0 bridgehead atoms. The van der Waals surface area contributed by atoms with Gasteiger partial charge in [-0.2, -0.15) is 13.2 Å². The van der Waals surface area contributed by atoms with Crippen LogP contribution in [0.3, 0.4) is 0 Å². The van der Waals surface area contributed by atoms with E-state index in [-0.39, 0.29) is 5.88 Å². The number of rotatable bonds is 6. The third kappa shape index (κ3) is 5.04. The molecule has 0 spiro atoms. The normalized spacial score (nSPS) is 12.8. The molecule has 2 aromatic carbocycles. The maximum Gasteiger partial charge on any atom is 0.416 e. The van der Waals surface area contributed by atoms with Crippen molar-refractivity contribution in [2.45, 2.75) is 19.2 Å². The summed E-state index contributed by atoms with van der Waals surface area (Å²) in [5, 5.41) is 12.5. The van der Waals surface area contributed by atoms with Crippen molar-refractivity contribution in [2.24, 2.45) is 0 Å². The van der Waals surface area contributed by atoms with Crippen LogP contribution >= 0.6 is 11.6 Å². The molecule has 0 radical (unpaired) electrons. The van der Waals surface area contributed by atoms with Gasteiger partial charge in [0.15, 0.2) is 0 Å². The van der Waals surface area contributed by atoms with E-state index in [1.807, 2.05) is 6.92 Å². The van der Waals surface area contributed by atoms with Crippen LogP contribution in [0.5, 0.6) is 11.5 Å². The lowest BCUT2D eigenvalue weighted by Crippen LogP contribution is -2.21. The van der Waals surface area contributed by atoms with Gasteiger partial charge in [0.2, 0.25) is 0 Å². The highest BCUT2D eigenvalue weighted by Crippen LogP contribution is 2.32. The van der Waals surface area contributed by atoms with Crippen LogP contribution in [0.1, 0.15) is 11.1 Å². The Hall–Kier alpha value is -1.92. The predicted molar refractivity (Wildman–Crippen MR) is 87.9 cm³/mol. The van der Waals surface area contributed by atoms with Crippen LogP contribution in [-0.4, -0.2) is 23.6 Å². The second-order valence-electron chi connectivity index (χ2n) is 5.29. The Kier molecular flexibility index (Phi) is 5.96. The largest absolute Gasteiger partial charge is 0.457 e. The average Bonchev–Trinajstić information content (AvgIpc) is 2.53. The molecule has 0 saturated heterocycles. The molecule has 0 saturated carbocycles. The van der Waals surface area contributed by atoms with Crippen LogP contribution in [0, 0.1) is 6.92 Å². The highest BCUT2D eigenvalue weighted by atomic mass is 35.5. The van der Waals surface area contributed by atoms with Crippen molar-refractivity contribution in [3.63, 3.8) is 0 Å². The number of hydrogen-bond donors (Lipinski definition) is 2. The minimum atomic E-state index is -4.37. The number of alkyl halides is 4. The van der Waals surface area contributed by atoms with Crippen LogP contribution in [0.25, 0.3) is 0 Å². The second kappa shape index (κ2) is 7.77. The van der Waals surface area contributed by atoms with Gasteiger partial charge in [0.05, 0.1) is 17.5 Å². The van der Waals surface area contributed by atoms with E-state index in [0.29, 0.717) is 18.0 Å². The number of aliphatic hydroxyl groups is 1. The van der Waals surface area contributed by atoms with E-state index < -0.39 is 17.8 Å². The Balaban J connectivity index is 2.04. The zero-order valence-corrected chi connectivity index (χ0v) is 13.7. The van der Waals surface area contributed by atoms with E-state index in [1.54, 1.807) is 18.2 Å². The van der Waals surface area contributed by atoms with E-state index >= 15 is 0 Å². The Morgan fingerprint density at radius 2 is 1.75 bits per heavy atom. The van der Waals surface area contributed by atoms with Gasteiger partial charge in [-0.1, -0.05) is 0 Å². The summed E-state index contributed by atoms with van der Waals surface area (Å²) < 4.78 is 43.1. The molecule has 0 aromatic heterocycles. The molecule has 0 aliphatic rings. The summed E-state index contributed by atoms with van der Waals surface area (Å²) >= 11 is 5.53. The van der Waals surface area contributed by atoms with Gasteiger partial charge in [0.1, 0.15) is 11.5 Å². The van der Waals surface area contributed by atoms with E-state index in [4.69, 9.17) is 16.3 Å². The molecule has 0 aliphatic carbocycles. The molecule has 0 heterocycles. The number of aliphatic hydroxyl groups excluding tert-OH is 1. The van der Waals surface area contributed by atoms with Crippen molar-refractivity contribution in [2.75, 3.05) is 17.7 Å². The number of ether oxygens (including phenoxy) is 1. The van der Waals surface area contributed by atoms with Crippen molar-refractivity contribution < 1.29 is 23.0 Å². The average molecular weight is 360 g/mol. The summed E-state index contributed by atoms with van der Waals surface area (Å²) in [6.45, 7) is 2.18. The molecule has 130 valence electrons. The number of benzene rings is 2. The van der Waals surface area contributed by atoms with Gasteiger partial charge in [-0.05, 0) is 55.0 Å². The zero-order chi connectivity index (χ0) is 17.7. The fourth-order valence-corrected chi connectivity index (χ4v) is 2.14. The number of aryl methyl sites for hydroxylation is 1. The summed E-state index contributed by atoms with van der Waals surface area (Å²) in [6, 6.07) is 9.74. The molecule has 3 nitrogen and oxygen atoms in total. The molecule has 2 N–H and O–H groups in total. The fourth-order valence-electron chi connectivity index (χ4n) is 2.03. The topological polar surface area (TPSA) is 41.5 Å². The highest BCUT2D eigenvalue weighted by molar-refractivity contribution is 6.18. The molecule has 0 fully saturated rings. The molecular weight excluding hydrogens is 343 g/mol. The molecular formula is C17H17ClF3NO2. The summed E-state index contributed by atoms with van der Waals surface area (Å²) in [5.41, 5.74) is 0.976. The van der Waals surface area contributed by atoms with Crippen LogP contribution in [0.2, 0.25) is 0 Å². The Morgan fingerprint density at radius 1 is 1.12 bits per heavy atom. The summed E-state index contributed by atoms with van der Waals surface area (Å²) in [6.07, 6.45) is -5.01. The molecule has 2 rings (SSSR count). The lowest BCUT2D eigenvalue weighted by molar-refractivity contribution is -0.137. The third-order valence-corrected chi connectivity index (χ3v) is 3.68. The van der Waals surface area contributed by atoms with Gasteiger partial charge in [0.25, 0.3) is 0 Å². The first-order valence-corrected chi connectivity index (χ1v) is 7.76. The van der Waals surface area contributed by atoms with Gasteiger partial charge in [0, 0.05) is 12.2 Å². The predicted octanol–water partition coefficient (Wildman–Crippen LogP) is 4.82. The summed E-state index contributed by atoms with van der Waals surface area (Å²) in [5.74, 6) is 0.970. The maximum atomic E-state index is 12.5. The summed E-state index contributed by atoms with van der Waals surface area (Å²) in [4.78, 5) is 0. The molecule has 24 heavy (non-hydrogen) atoms. The van der Waals surface area contributed by atoms with Crippen molar-refractivity contribution >= 4 is 17.3 Å². The monoisotopic (exact) mass is 359 g/mol. The lowest BCUT2D eigenvalue weighted by atomic mass is 10.2. The minimum Gasteiger partial charge on any atom is -0.457 e. The Bertz CT molecular complexity index is 675. The van der Waals surface area contributed by atoms with Crippen molar-refractivity contribution in [3.05, 3.63) is 53.6 Å². The fraction of sp³-hybridized carbons (Fsp3) is 0.294. The molecule has 2 aromatic rings. The SMILES string of the molecule is Cc1cc(Oc2ccc(C(F)(F)F)cc2)ccc1NCC(O)CCl. The summed E-state index contributed by atoms with van der Waals surface area (Å²) in [7, 11) is 0. The van der Waals surface area contributed by atoms with Gasteiger partial charge >= 0.3 is 6.18 Å². The molecule has 1 unspecified atom stereocenters. The number of nitrogens with one attached hydrogen (secondary N) is 1. The van der Waals surface area contributed by atoms with Gasteiger partial charge in [-0.15, -0.1) is 11.6 Å². The van der Waals surface area contributed by atoms with Gasteiger partial charge in [-0.3, -0.25) is 0 Å². The second-order valence-corrected chi connectivity index (χ2v) is 5.60. The third-order valence-electron chi connectivity index (χ3n) is 3.32. The van der Waals surface area contributed by atoms with Crippen LogP contribution in [0.4, 0.5) is 18.9 Å². The van der Waals surface area contributed by atoms with E-state index in [2.05, 4.69) is 5.32 Å². The molecule has 0 amide bonds. The highest BCUT2D eigenvalue weighted by Gasteiger charge is 2.30. The molecule has 1 atom stereocenters. The van der Waals surface area contributed by atoms with Crippen molar-refractivity contribution in [1.82, 2.24) is 0 Å². The van der Waals surface area contributed by atoms with E-state index in [1.165, 1.54) is 12.1 Å². The van der Waals surface area contributed by atoms with Gasteiger partial charge in [-0.25, -0.2) is 0 Å². The number of hydrogen-bond acceptors (Lipinski definition) is 3. The minimum absolute atomic E-state index is 0.140. The first kappa shape index (κ1) is 18.4. The van der Waals surface area contributed by atoms with Crippen LogP contribution in [-0.2, 0) is 6.18 Å². The lowest BCUT2D eigenvalue weighted by Gasteiger charge is -2.14. The van der Waals surface area contributed by atoms with Crippen molar-refractivity contribution in [1.29, 1.82) is 0 Å². The van der Waals surface area contributed by atoms with Crippen molar-refractivity contribution in [3.8, 4) is 11.5 Å².